The predicted molar refractivity (Wildman–Crippen MR) is 113 cm³/mol. The summed E-state index contributed by atoms with van der Waals surface area (Å²) in [6.07, 6.45) is 0. The van der Waals surface area contributed by atoms with E-state index in [0.29, 0.717) is 28.5 Å². The molecule has 1 N–H and O–H groups in total. The Balaban J connectivity index is 1.90. The molecule has 0 fully saturated rings. The van der Waals surface area contributed by atoms with Crippen molar-refractivity contribution in [2.24, 2.45) is 0 Å². The number of sulfonamides is 1. The Hall–Kier alpha value is -3.52. The third-order valence-corrected chi connectivity index (χ3v) is 6.10. The van der Waals surface area contributed by atoms with E-state index >= 15 is 0 Å². The highest BCUT2D eigenvalue weighted by molar-refractivity contribution is 7.92. The van der Waals surface area contributed by atoms with Gasteiger partial charge in [-0.15, -0.1) is 0 Å². The van der Waals surface area contributed by atoms with Gasteiger partial charge in [-0.05, 0) is 55.0 Å². The van der Waals surface area contributed by atoms with E-state index in [0.717, 1.165) is 4.31 Å². The molecule has 0 unspecified atom stereocenters. The minimum Gasteiger partial charge on any atom is -0.482 e. The Kier molecular flexibility index (Phi) is 6.27. The van der Waals surface area contributed by atoms with Crippen molar-refractivity contribution in [1.82, 2.24) is 0 Å². The highest BCUT2D eigenvalue weighted by atomic mass is 32.2. The minimum atomic E-state index is -3.90. The Labute approximate surface area is 175 Å². The number of hydrogen-bond donors (Lipinski definition) is 1. The smallest absolute Gasteiger partial charge is 0.341 e. The number of ether oxygens (including phenoxy) is 2. The third-order valence-electron chi connectivity index (χ3n) is 4.33. The van der Waals surface area contributed by atoms with E-state index in [1.807, 2.05) is 18.2 Å². The van der Waals surface area contributed by atoms with E-state index in [1.54, 1.807) is 43.3 Å². The van der Waals surface area contributed by atoms with Crippen LogP contribution in [0.3, 0.4) is 0 Å². The lowest BCUT2D eigenvalue weighted by atomic mass is 10.2. The van der Waals surface area contributed by atoms with Gasteiger partial charge in [0.25, 0.3) is 10.0 Å². The molecule has 30 heavy (non-hydrogen) atoms. The summed E-state index contributed by atoms with van der Waals surface area (Å²) in [6.45, 7) is 1.15. The van der Waals surface area contributed by atoms with Crippen LogP contribution >= 0.6 is 0 Å². The lowest BCUT2D eigenvalue weighted by Crippen LogP contribution is -2.27. The molecule has 0 spiro atoms. The van der Waals surface area contributed by atoms with Gasteiger partial charge in [0.15, 0.2) is 12.4 Å². The molecule has 0 aliphatic rings. The zero-order chi connectivity index (χ0) is 21.7. The van der Waals surface area contributed by atoms with Crippen molar-refractivity contribution >= 4 is 21.7 Å². The van der Waals surface area contributed by atoms with Crippen LogP contribution in [-0.4, -0.2) is 33.1 Å². The number of nitrogens with zero attached hydrogens (tertiary/aromatic N) is 1. The number of carbonyl (C=O) groups is 1. The van der Waals surface area contributed by atoms with Crippen LogP contribution in [0.2, 0.25) is 0 Å². The third kappa shape index (κ3) is 4.72. The van der Waals surface area contributed by atoms with Crippen LogP contribution < -0.4 is 13.8 Å². The number of anilines is 1. The fraction of sp³-hybridized carbons (Fsp3) is 0.136. The molecular formula is C22H21NO6S. The van der Waals surface area contributed by atoms with Crippen LogP contribution in [-0.2, 0) is 14.8 Å². The van der Waals surface area contributed by atoms with Crippen LogP contribution in [0.4, 0.5) is 5.69 Å². The molecule has 0 aliphatic carbocycles. The summed E-state index contributed by atoms with van der Waals surface area (Å²) in [7, 11) is -2.44. The van der Waals surface area contributed by atoms with E-state index in [1.165, 1.54) is 25.2 Å². The SMILES string of the molecule is Cc1cc(S(=O)(=O)N(C)c2ccccc2Oc2ccccc2)ccc1OCC(=O)O. The van der Waals surface area contributed by atoms with E-state index in [4.69, 9.17) is 14.6 Å². The number of aliphatic carboxylic acids is 1. The van der Waals surface area contributed by atoms with Crippen molar-refractivity contribution in [2.45, 2.75) is 11.8 Å². The number of carboxylic acids is 1. The van der Waals surface area contributed by atoms with Crippen molar-refractivity contribution in [2.75, 3.05) is 18.0 Å². The fourth-order valence-corrected chi connectivity index (χ4v) is 4.08. The first kappa shape index (κ1) is 21.2. The summed E-state index contributed by atoms with van der Waals surface area (Å²) in [4.78, 5) is 10.7. The summed E-state index contributed by atoms with van der Waals surface area (Å²) < 4.78 is 38.6. The average molecular weight is 427 g/mol. The first-order valence-corrected chi connectivity index (χ1v) is 10.5. The highest BCUT2D eigenvalue weighted by Crippen LogP contribution is 2.35. The molecule has 0 heterocycles. The molecule has 0 aliphatic heterocycles. The van der Waals surface area contributed by atoms with Gasteiger partial charge in [-0.25, -0.2) is 13.2 Å². The Morgan fingerprint density at radius 2 is 1.63 bits per heavy atom. The van der Waals surface area contributed by atoms with Gasteiger partial charge in [0.2, 0.25) is 0 Å². The molecule has 7 nitrogen and oxygen atoms in total. The van der Waals surface area contributed by atoms with Crippen LogP contribution in [0.15, 0.2) is 77.7 Å². The Morgan fingerprint density at radius 1 is 0.967 bits per heavy atom. The molecule has 0 bridgehead atoms. The second-order valence-corrected chi connectivity index (χ2v) is 8.43. The number of rotatable bonds is 8. The largest absolute Gasteiger partial charge is 0.482 e. The molecular weight excluding hydrogens is 406 g/mol. The summed E-state index contributed by atoms with van der Waals surface area (Å²) in [5.74, 6) is 0.187. The van der Waals surface area contributed by atoms with E-state index in [9.17, 15) is 13.2 Å². The maximum absolute atomic E-state index is 13.2. The second-order valence-electron chi connectivity index (χ2n) is 6.47. The topological polar surface area (TPSA) is 93.1 Å². The molecule has 0 aromatic heterocycles. The number of para-hydroxylation sites is 3. The van der Waals surface area contributed by atoms with Crippen LogP contribution in [0, 0.1) is 6.92 Å². The van der Waals surface area contributed by atoms with Crippen molar-refractivity contribution in [3.63, 3.8) is 0 Å². The zero-order valence-corrected chi connectivity index (χ0v) is 17.3. The van der Waals surface area contributed by atoms with Crippen LogP contribution in [0.25, 0.3) is 0 Å². The molecule has 3 aromatic carbocycles. The van der Waals surface area contributed by atoms with Gasteiger partial charge < -0.3 is 14.6 Å². The Morgan fingerprint density at radius 3 is 2.30 bits per heavy atom. The van der Waals surface area contributed by atoms with E-state index in [-0.39, 0.29) is 4.90 Å². The maximum Gasteiger partial charge on any atom is 0.341 e. The lowest BCUT2D eigenvalue weighted by Gasteiger charge is -2.22. The highest BCUT2D eigenvalue weighted by Gasteiger charge is 2.24. The van der Waals surface area contributed by atoms with Crippen molar-refractivity contribution in [1.29, 1.82) is 0 Å². The molecule has 0 radical (unpaired) electrons. The molecule has 3 aromatic rings. The van der Waals surface area contributed by atoms with Gasteiger partial charge in [0.05, 0.1) is 10.6 Å². The second kappa shape index (κ2) is 8.87. The molecule has 0 saturated carbocycles. The van der Waals surface area contributed by atoms with Gasteiger partial charge in [-0.3, -0.25) is 4.31 Å². The van der Waals surface area contributed by atoms with Gasteiger partial charge in [-0.1, -0.05) is 30.3 Å². The predicted octanol–water partition coefficient (Wildman–Crippen LogP) is 4.08. The summed E-state index contributed by atoms with van der Waals surface area (Å²) in [5, 5.41) is 8.74. The quantitative estimate of drug-likeness (QED) is 0.582. The van der Waals surface area contributed by atoms with Crippen molar-refractivity contribution < 1.29 is 27.8 Å². The molecule has 0 saturated heterocycles. The lowest BCUT2D eigenvalue weighted by molar-refractivity contribution is -0.139. The molecule has 0 amide bonds. The number of hydrogen-bond acceptors (Lipinski definition) is 5. The van der Waals surface area contributed by atoms with Gasteiger partial charge in [0, 0.05) is 7.05 Å². The van der Waals surface area contributed by atoms with Gasteiger partial charge in [0.1, 0.15) is 11.5 Å². The molecule has 156 valence electrons. The average Bonchev–Trinajstić information content (AvgIpc) is 2.73. The van der Waals surface area contributed by atoms with Gasteiger partial charge in [-0.2, -0.15) is 0 Å². The first-order chi connectivity index (χ1) is 14.3. The Bertz CT molecular complexity index is 1150. The number of carboxylic acid groups (broad SMARTS) is 1. The van der Waals surface area contributed by atoms with E-state index in [2.05, 4.69) is 0 Å². The zero-order valence-electron chi connectivity index (χ0n) is 16.5. The monoisotopic (exact) mass is 427 g/mol. The maximum atomic E-state index is 13.2. The molecule has 3 rings (SSSR count). The summed E-state index contributed by atoms with van der Waals surface area (Å²) in [6, 6.07) is 20.2. The van der Waals surface area contributed by atoms with E-state index < -0.39 is 22.6 Å². The number of benzene rings is 3. The molecule has 8 heteroatoms. The minimum absolute atomic E-state index is 0.0553. The van der Waals surface area contributed by atoms with Gasteiger partial charge >= 0.3 is 5.97 Å². The van der Waals surface area contributed by atoms with Crippen LogP contribution in [0.1, 0.15) is 5.56 Å². The normalized spacial score (nSPS) is 11.0. The first-order valence-electron chi connectivity index (χ1n) is 9.05. The number of aryl methyl sites for hydroxylation is 1. The fourth-order valence-electron chi connectivity index (χ4n) is 2.79. The van der Waals surface area contributed by atoms with Crippen LogP contribution in [0.5, 0.6) is 17.2 Å². The molecule has 0 atom stereocenters. The summed E-state index contributed by atoms with van der Waals surface area (Å²) in [5.41, 5.74) is 0.893. The van der Waals surface area contributed by atoms with Crippen molar-refractivity contribution in [3.05, 3.63) is 78.4 Å². The summed E-state index contributed by atoms with van der Waals surface area (Å²) >= 11 is 0. The van der Waals surface area contributed by atoms with Crippen molar-refractivity contribution in [3.8, 4) is 17.2 Å². The standard InChI is InChI=1S/C22H21NO6S/c1-16-14-18(12-13-20(16)28-15-22(24)25)30(26,27)23(2)19-10-6-7-11-21(19)29-17-8-4-3-5-9-17/h3-14H,15H2,1-2H3,(H,24,25).